The Bertz CT molecular complexity index is 2510. The zero-order valence-corrected chi connectivity index (χ0v) is 33.0. The first-order valence-electron chi connectivity index (χ1n) is 16.0. The summed E-state index contributed by atoms with van der Waals surface area (Å²) in [4.78, 5) is 103. The van der Waals surface area contributed by atoms with Gasteiger partial charge < -0.3 is 48.6 Å². The number of halogens is 1. The number of nitro groups is 1. The van der Waals surface area contributed by atoms with E-state index in [1.165, 1.54) is 57.3 Å². The van der Waals surface area contributed by atoms with Gasteiger partial charge >= 0.3 is 17.8 Å². The van der Waals surface area contributed by atoms with E-state index < -0.39 is 28.6 Å². The zero-order valence-electron chi connectivity index (χ0n) is 32.2. The first-order chi connectivity index (χ1) is 29.0. The van der Waals surface area contributed by atoms with Gasteiger partial charge in [0, 0.05) is 26.2 Å². The van der Waals surface area contributed by atoms with E-state index in [2.05, 4.69) is 62.5 Å². The summed E-state index contributed by atoms with van der Waals surface area (Å²) in [6.45, 7) is 0. The minimum absolute atomic E-state index is 0. The van der Waals surface area contributed by atoms with E-state index in [0.717, 1.165) is 29.6 Å². The topological polar surface area (TPSA) is 492 Å². The molecule has 34 heteroatoms. The second-order valence-electron chi connectivity index (χ2n) is 10.6. The summed E-state index contributed by atoms with van der Waals surface area (Å²) in [5.41, 5.74) is 23.1. The van der Waals surface area contributed by atoms with Crippen molar-refractivity contribution in [1.29, 1.82) is 0 Å². The molecule has 0 atom stereocenters. The lowest BCUT2D eigenvalue weighted by Crippen LogP contribution is -2.36. The molecule has 0 radical (unpaired) electrons. The van der Waals surface area contributed by atoms with Crippen LogP contribution in [0.25, 0.3) is 5.65 Å². The molecule has 1 aromatic carbocycles. The van der Waals surface area contributed by atoms with Gasteiger partial charge in [0.25, 0.3) is 11.6 Å². The number of non-ortho nitro benzene ring substituents is 1. The third-order valence-electron chi connectivity index (χ3n) is 6.55. The third kappa shape index (κ3) is 13.8. The summed E-state index contributed by atoms with van der Waals surface area (Å²) in [5.74, 6) is 9.96. The molecule has 5 amide bonds. The van der Waals surface area contributed by atoms with E-state index in [-0.39, 0.29) is 58.5 Å². The van der Waals surface area contributed by atoms with Crippen LogP contribution in [0.2, 0.25) is 0 Å². The quantitative estimate of drug-likeness (QED) is 0.0224. The highest BCUT2D eigenvalue weighted by atomic mass is 35.5. The number of hydrogen-bond donors (Lipinski definition) is 11. The van der Waals surface area contributed by atoms with Crippen molar-refractivity contribution in [3.05, 3.63) is 75.9 Å². The molecule has 0 aliphatic heterocycles. The molecular formula is C28H38ClN23O10. The molecule has 62 heavy (non-hydrogen) atoms. The number of carbonyl (C=O) groups excluding carboxylic acids is 6. The number of nitro benzene ring substituents is 1. The number of nitrogens with zero attached hydrogens (tertiary/aromatic N) is 12. The highest BCUT2D eigenvalue weighted by Crippen LogP contribution is 2.20. The molecule has 0 aliphatic carbocycles. The number of nitrogen functional groups attached to an aromatic ring is 3. The minimum atomic E-state index is -0.868. The summed E-state index contributed by atoms with van der Waals surface area (Å²) in [7, 11) is 4.47. The molecule has 6 aromatic rings. The third-order valence-corrected chi connectivity index (χ3v) is 6.55. The predicted octanol–water partition coefficient (Wildman–Crippen LogP) is -3.22. The number of nitrogens with two attached hydrogens (primary N) is 6. The van der Waals surface area contributed by atoms with E-state index >= 15 is 0 Å². The maximum atomic E-state index is 11.8. The van der Waals surface area contributed by atoms with Crippen LogP contribution in [0, 0.1) is 10.1 Å². The number of imidazole rings is 4. The van der Waals surface area contributed by atoms with Gasteiger partial charge in [-0.2, -0.15) is 4.68 Å². The fourth-order valence-corrected chi connectivity index (χ4v) is 3.83. The average molecular weight is 892 g/mol. The number of hydrogen-bond acceptors (Lipinski definition) is 22. The number of anilines is 6. The van der Waals surface area contributed by atoms with E-state index in [9.17, 15) is 43.7 Å². The van der Waals surface area contributed by atoms with Crippen molar-refractivity contribution in [2.45, 2.75) is 0 Å². The number of fused-ring (bicyclic) bond motifs is 1. The van der Waals surface area contributed by atoms with Crippen molar-refractivity contribution >= 4 is 95.9 Å². The number of hydrazine groups is 2. The van der Waals surface area contributed by atoms with Crippen molar-refractivity contribution in [2.24, 2.45) is 24.5 Å². The number of H-pyrrole nitrogens is 1. The first kappa shape index (κ1) is 50.9. The summed E-state index contributed by atoms with van der Waals surface area (Å²) in [6, 6.07) is 4.38. The Kier molecular flexibility index (Phi) is 20.2. The fraction of sp³-hybridized carbons (Fsp3) is 0.107. The number of carbonyl (C=O) groups is 6. The molecular weight excluding hydrogens is 854 g/mol. The SMILES string of the molecule is CN(N)C(=O)n1cnc(NC=O)c1N.CNN.Cl.Cn1nnc2c(C(N)=O)ncn2c1=O.Nc1[nH]cnc1NC=O.Nc1c(NC=O)ncn1C(=O)Oc1ccc([N+](=O)[O-])cc1. The lowest BCUT2D eigenvalue weighted by atomic mass is 10.3. The summed E-state index contributed by atoms with van der Waals surface area (Å²) in [5, 5.41) is 25.3. The van der Waals surface area contributed by atoms with Crippen LogP contribution in [0.4, 0.5) is 50.2 Å². The van der Waals surface area contributed by atoms with Gasteiger partial charge in [-0.05, 0) is 19.2 Å². The van der Waals surface area contributed by atoms with Gasteiger partial charge in [0.2, 0.25) is 19.2 Å². The highest BCUT2D eigenvalue weighted by molar-refractivity contribution is 5.96. The highest BCUT2D eigenvalue weighted by Gasteiger charge is 2.17. The second kappa shape index (κ2) is 24.6. The smallest absolute Gasteiger partial charge is 0.410 e. The van der Waals surface area contributed by atoms with Crippen LogP contribution < -0.4 is 66.4 Å². The number of aryl methyl sites for hydroxylation is 1. The molecule has 0 spiro atoms. The van der Waals surface area contributed by atoms with Gasteiger partial charge in [-0.25, -0.2) is 53.7 Å². The normalized spacial score (nSPS) is 9.50. The number of amides is 5. The van der Waals surface area contributed by atoms with E-state index in [4.69, 9.17) is 33.5 Å². The maximum Gasteiger partial charge on any atom is 0.426 e. The molecule has 33 nitrogen and oxygen atoms in total. The monoisotopic (exact) mass is 891 g/mol. The Hall–Kier alpha value is -9.08. The molecule has 0 bridgehead atoms. The van der Waals surface area contributed by atoms with E-state index in [0.29, 0.717) is 30.9 Å². The number of nitrogens with one attached hydrogen (secondary N) is 5. The first-order valence-corrected chi connectivity index (χ1v) is 16.0. The summed E-state index contributed by atoms with van der Waals surface area (Å²) < 4.78 is 9.01. The fourth-order valence-electron chi connectivity index (χ4n) is 3.83. The van der Waals surface area contributed by atoms with Crippen LogP contribution in [0.1, 0.15) is 10.5 Å². The van der Waals surface area contributed by atoms with Gasteiger partial charge in [0.1, 0.15) is 30.5 Å². The standard InChI is InChI=1S/C11H9N5O5.C6H6N6O2.C6H10N6O2.C4H6N4O.CH6N2.ClH/c12-9-10(14-6-17)13-5-15(9)11(18)21-8-3-1-7(2-4-8)16(19)20;1-11-6(14)12-2-8-3(4(7)13)5(12)9-10-11;1-11(8)6(14)12-2-9-5(4(12)7)10-3-13;5-3-4(8-2-9)7-1-6-3;1-3-2;/h1-6H,12H2,(H,14,17);2H,1H3,(H2,7,13);2-3H,7-8H2,1H3,(H,10,13);1-2H,5H2,(H,6,7)(H,8,9);3H,2H2,1H3;1H. The molecule has 0 saturated carbocycles. The van der Waals surface area contributed by atoms with Crippen LogP contribution in [0.5, 0.6) is 5.75 Å². The number of aromatic nitrogens is 11. The lowest BCUT2D eigenvalue weighted by molar-refractivity contribution is -0.384. The molecule has 17 N–H and O–H groups in total. The number of benzene rings is 1. The summed E-state index contributed by atoms with van der Waals surface area (Å²) in [6.07, 6.45) is 5.28. The van der Waals surface area contributed by atoms with Crippen molar-refractivity contribution in [3.63, 3.8) is 0 Å². The molecule has 0 fully saturated rings. The zero-order chi connectivity index (χ0) is 45.8. The minimum Gasteiger partial charge on any atom is -0.410 e. The molecule has 6 rings (SSSR count). The van der Waals surface area contributed by atoms with Crippen molar-refractivity contribution < 1.29 is 38.4 Å². The van der Waals surface area contributed by atoms with Crippen LogP contribution in [-0.2, 0) is 21.4 Å². The molecule has 0 saturated heterocycles. The van der Waals surface area contributed by atoms with Gasteiger partial charge in [0.15, 0.2) is 40.4 Å². The van der Waals surface area contributed by atoms with Crippen molar-refractivity contribution in [1.82, 2.24) is 63.9 Å². The number of rotatable bonds is 9. The molecule has 0 aliphatic rings. The average Bonchev–Trinajstić information content (AvgIpc) is 4.02. The van der Waals surface area contributed by atoms with Crippen molar-refractivity contribution in [3.8, 4) is 5.75 Å². The second-order valence-corrected chi connectivity index (χ2v) is 10.6. The van der Waals surface area contributed by atoms with Crippen LogP contribution in [-0.4, -0.2) is 115 Å². The van der Waals surface area contributed by atoms with Gasteiger partial charge in [-0.15, -0.1) is 17.5 Å². The molecule has 0 unspecified atom stereocenters. The van der Waals surface area contributed by atoms with Crippen molar-refractivity contribution in [2.75, 3.05) is 47.2 Å². The number of ether oxygens (including phenoxy) is 1. The van der Waals surface area contributed by atoms with Crippen LogP contribution in [0.3, 0.4) is 0 Å². The van der Waals surface area contributed by atoms with Gasteiger partial charge in [-0.1, -0.05) is 5.21 Å². The Morgan fingerprint density at radius 2 is 1.40 bits per heavy atom. The summed E-state index contributed by atoms with van der Waals surface area (Å²) >= 11 is 0. The maximum absolute atomic E-state index is 11.8. The Morgan fingerprint density at radius 3 is 1.87 bits per heavy atom. The Labute approximate surface area is 351 Å². The molecule has 332 valence electrons. The Morgan fingerprint density at radius 1 is 0.887 bits per heavy atom. The lowest BCUT2D eigenvalue weighted by Gasteiger charge is -2.10. The van der Waals surface area contributed by atoms with Gasteiger partial charge in [0.05, 0.1) is 11.3 Å². The van der Waals surface area contributed by atoms with E-state index in [1.54, 1.807) is 7.05 Å². The molecule has 5 aromatic heterocycles. The largest absolute Gasteiger partial charge is 0.426 e. The van der Waals surface area contributed by atoms with Crippen LogP contribution in [0.15, 0.2) is 54.4 Å². The van der Waals surface area contributed by atoms with Crippen LogP contribution >= 0.6 is 12.4 Å². The Balaban J connectivity index is 0.000000417. The predicted molar refractivity (Wildman–Crippen MR) is 218 cm³/mol. The number of primary amides is 1. The van der Waals surface area contributed by atoms with E-state index in [1.807, 2.05) is 0 Å². The number of aromatic amines is 1. The van der Waals surface area contributed by atoms with Gasteiger partial charge in [-0.3, -0.25) is 45.6 Å². The molecule has 5 heterocycles.